The number of nitrogens with zero attached hydrogens (tertiary/aromatic N) is 1. The molecular formula is C18H16N2O2. The zero-order chi connectivity index (χ0) is 15.4. The molecule has 0 heterocycles. The van der Waals surface area contributed by atoms with Crippen LogP contribution in [0.25, 0.3) is 10.8 Å². The Morgan fingerprint density at radius 1 is 1.00 bits per heavy atom. The molecule has 22 heavy (non-hydrogen) atoms. The topological polar surface area (TPSA) is 53.8 Å². The van der Waals surface area contributed by atoms with E-state index < -0.39 is 0 Å². The Kier molecular flexibility index (Phi) is 3.92. The van der Waals surface area contributed by atoms with Crippen LogP contribution in [-0.2, 0) is 0 Å². The first-order valence-corrected chi connectivity index (χ1v) is 6.92. The normalized spacial score (nSPS) is 11.0. The van der Waals surface area contributed by atoms with Gasteiger partial charge < -0.3 is 9.84 Å². The van der Waals surface area contributed by atoms with E-state index in [-0.39, 0.29) is 5.75 Å². The molecule has 0 atom stereocenters. The van der Waals surface area contributed by atoms with Gasteiger partial charge in [0, 0.05) is 5.56 Å². The number of phenolic OH excluding ortho intramolecular Hbond substituents is 1. The average Bonchev–Trinajstić information content (AvgIpc) is 2.57. The van der Waals surface area contributed by atoms with Gasteiger partial charge in [0.1, 0.15) is 11.5 Å². The SMILES string of the molecule is COc1ccc(N/N=C/c2c(O)ccc3ccccc23)cc1. The third-order valence-corrected chi connectivity index (χ3v) is 3.42. The van der Waals surface area contributed by atoms with Crippen molar-refractivity contribution in [1.82, 2.24) is 0 Å². The standard InChI is InChI=1S/C18H16N2O2/c1-22-15-9-7-14(8-10-15)20-19-12-17-16-5-3-2-4-13(16)6-11-18(17)21/h2-12,20-21H,1H3/b19-12+. The molecule has 4 nitrogen and oxygen atoms in total. The van der Waals surface area contributed by atoms with E-state index >= 15 is 0 Å². The second-order valence-corrected chi connectivity index (χ2v) is 4.82. The molecule has 3 aromatic rings. The van der Waals surface area contributed by atoms with Crippen LogP contribution in [0.4, 0.5) is 5.69 Å². The minimum absolute atomic E-state index is 0.207. The fourth-order valence-corrected chi connectivity index (χ4v) is 2.26. The Hall–Kier alpha value is -3.01. The number of hydrogen-bond acceptors (Lipinski definition) is 4. The van der Waals surface area contributed by atoms with Gasteiger partial charge in [0.15, 0.2) is 0 Å². The highest BCUT2D eigenvalue weighted by Crippen LogP contribution is 2.25. The molecule has 3 rings (SSSR count). The first kappa shape index (κ1) is 13.9. The maximum Gasteiger partial charge on any atom is 0.125 e. The van der Waals surface area contributed by atoms with Crippen LogP contribution in [0.3, 0.4) is 0 Å². The van der Waals surface area contributed by atoms with Gasteiger partial charge in [-0.25, -0.2) is 0 Å². The Morgan fingerprint density at radius 3 is 2.55 bits per heavy atom. The summed E-state index contributed by atoms with van der Waals surface area (Å²) >= 11 is 0. The van der Waals surface area contributed by atoms with Crippen LogP contribution in [0.5, 0.6) is 11.5 Å². The van der Waals surface area contributed by atoms with Gasteiger partial charge in [-0.05, 0) is 41.1 Å². The van der Waals surface area contributed by atoms with Gasteiger partial charge in [-0.2, -0.15) is 5.10 Å². The smallest absolute Gasteiger partial charge is 0.125 e. The summed E-state index contributed by atoms with van der Waals surface area (Å²) in [5.41, 5.74) is 4.48. The fourth-order valence-electron chi connectivity index (χ4n) is 2.26. The van der Waals surface area contributed by atoms with Crippen LogP contribution in [0.15, 0.2) is 65.8 Å². The Balaban J connectivity index is 1.84. The lowest BCUT2D eigenvalue weighted by Crippen LogP contribution is -1.92. The van der Waals surface area contributed by atoms with Crippen molar-refractivity contribution < 1.29 is 9.84 Å². The fraction of sp³-hybridized carbons (Fsp3) is 0.0556. The van der Waals surface area contributed by atoms with Crippen LogP contribution < -0.4 is 10.2 Å². The predicted octanol–water partition coefficient (Wildman–Crippen LogP) is 4.00. The van der Waals surface area contributed by atoms with Crippen molar-refractivity contribution in [2.24, 2.45) is 5.10 Å². The van der Waals surface area contributed by atoms with Crippen molar-refractivity contribution in [1.29, 1.82) is 0 Å². The highest BCUT2D eigenvalue weighted by atomic mass is 16.5. The average molecular weight is 292 g/mol. The van der Waals surface area contributed by atoms with Gasteiger partial charge >= 0.3 is 0 Å². The summed E-state index contributed by atoms with van der Waals surface area (Å²) in [6, 6.07) is 18.9. The van der Waals surface area contributed by atoms with E-state index in [1.807, 2.05) is 54.6 Å². The molecule has 0 spiro atoms. The Morgan fingerprint density at radius 2 is 1.77 bits per heavy atom. The molecule has 2 N–H and O–H groups in total. The molecule has 0 aliphatic rings. The molecule has 0 unspecified atom stereocenters. The predicted molar refractivity (Wildman–Crippen MR) is 89.8 cm³/mol. The van der Waals surface area contributed by atoms with Crippen LogP contribution in [0, 0.1) is 0 Å². The molecule has 0 saturated heterocycles. The highest BCUT2D eigenvalue weighted by molar-refractivity contribution is 6.02. The number of aromatic hydroxyl groups is 1. The number of benzene rings is 3. The second-order valence-electron chi connectivity index (χ2n) is 4.82. The molecule has 0 aliphatic carbocycles. The molecule has 4 heteroatoms. The molecule has 0 amide bonds. The van der Waals surface area contributed by atoms with Gasteiger partial charge in [0.25, 0.3) is 0 Å². The lowest BCUT2D eigenvalue weighted by molar-refractivity contribution is 0.415. The number of rotatable bonds is 4. The van der Waals surface area contributed by atoms with Crippen LogP contribution in [-0.4, -0.2) is 18.4 Å². The van der Waals surface area contributed by atoms with Crippen molar-refractivity contribution in [2.45, 2.75) is 0 Å². The number of anilines is 1. The molecule has 0 saturated carbocycles. The third-order valence-electron chi connectivity index (χ3n) is 3.42. The quantitative estimate of drug-likeness (QED) is 0.564. The van der Waals surface area contributed by atoms with E-state index in [4.69, 9.17) is 4.74 Å². The van der Waals surface area contributed by atoms with Crippen LogP contribution in [0.1, 0.15) is 5.56 Å². The number of hydrogen-bond donors (Lipinski definition) is 2. The zero-order valence-electron chi connectivity index (χ0n) is 12.2. The zero-order valence-corrected chi connectivity index (χ0v) is 12.2. The van der Waals surface area contributed by atoms with Gasteiger partial charge in [-0.15, -0.1) is 0 Å². The first-order valence-electron chi connectivity index (χ1n) is 6.92. The minimum Gasteiger partial charge on any atom is -0.507 e. The summed E-state index contributed by atoms with van der Waals surface area (Å²) in [6.07, 6.45) is 1.63. The lowest BCUT2D eigenvalue weighted by Gasteiger charge is -2.05. The maximum atomic E-state index is 10.0. The molecule has 0 aromatic heterocycles. The van der Waals surface area contributed by atoms with E-state index in [0.29, 0.717) is 5.56 Å². The van der Waals surface area contributed by atoms with Crippen molar-refractivity contribution in [3.8, 4) is 11.5 Å². The van der Waals surface area contributed by atoms with E-state index in [1.165, 1.54) is 0 Å². The Bertz CT molecular complexity index is 811. The molecule has 0 fully saturated rings. The van der Waals surface area contributed by atoms with Crippen molar-refractivity contribution in [2.75, 3.05) is 12.5 Å². The summed E-state index contributed by atoms with van der Waals surface area (Å²) in [5.74, 6) is 1.00. The summed E-state index contributed by atoms with van der Waals surface area (Å²) in [4.78, 5) is 0. The van der Waals surface area contributed by atoms with E-state index in [0.717, 1.165) is 22.2 Å². The second kappa shape index (κ2) is 6.18. The largest absolute Gasteiger partial charge is 0.507 e. The molecule has 0 aliphatic heterocycles. The van der Waals surface area contributed by atoms with E-state index in [2.05, 4.69) is 10.5 Å². The van der Waals surface area contributed by atoms with Gasteiger partial charge in [0.2, 0.25) is 0 Å². The summed E-state index contributed by atoms with van der Waals surface area (Å²) in [7, 11) is 1.63. The van der Waals surface area contributed by atoms with E-state index in [9.17, 15) is 5.11 Å². The minimum atomic E-state index is 0.207. The molecule has 0 bridgehead atoms. The summed E-state index contributed by atoms with van der Waals surface area (Å²) in [5, 5.41) is 16.3. The summed E-state index contributed by atoms with van der Waals surface area (Å²) < 4.78 is 5.11. The number of nitrogens with one attached hydrogen (secondary N) is 1. The number of methoxy groups -OCH3 is 1. The van der Waals surface area contributed by atoms with Crippen molar-refractivity contribution in [3.05, 3.63) is 66.2 Å². The van der Waals surface area contributed by atoms with Crippen LogP contribution in [0.2, 0.25) is 0 Å². The van der Waals surface area contributed by atoms with Crippen molar-refractivity contribution >= 4 is 22.7 Å². The molecule has 3 aromatic carbocycles. The molecular weight excluding hydrogens is 276 g/mol. The molecule has 110 valence electrons. The van der Waals surface area contributed by atoms with Gasteiger partial charge in [-0.1, -0.05) is 30.3 Å². The van der Waals surface area contributed by atoms with Gasteiger partial charge in [-0.3, -0.25) is 5.43 Å². The monoisotopic (exact) mass is 292 g/mol. The lowest BCUT2D eigenvalue weighted by atomic mass is 10.0. The van der Waals surface area contributed by atoms with Crippen LogP contribution >= 0.6 is 0 Å². The third kappa shape index (κ3) is 2.86. The number of fused-ring (bicyclic) bond motifs is 1. The number of ether oxygens (including phenoxy) is 1. The van der Waals surface area contributed by atoms with Crippen molar-refractivity contribution in [3.63, 3.8) is 0 Å². The number of hydrazone groups is 1. The highest BCUT2D eigenvalue weighted by Gasteiger charge is 2.03. The first-order chi connectivity index (χ1) is 10.8. The maximum absolute atomic E-state index is 10.0. The Labute approximate surface area is 128 Å². The number of phenols is 1. The van der Waals surface area contributed by atoms with E-state index in [1.54, 1.807) is 19.4 Å². The summed E-state index contributed by atoms with van der Waals surface area (Å²) in [6.45, 7) is 0. The van der Waals surface area contributed by atoms with Gasteiger partial charge in [0.05, 0.1) is 19.0 Å². The molecule has 0 radical (unpaired) electrons.